The molecule has 0 heterocycles. The van der Waals surface area contributed by atoms with Crippen LogP contribution in [0.4, 0.5) is 0 Å². The molecule has 0 aromatic heterocycles. The fraction of sp³-hybridized carbons (Fsp3) is 0.300. The normalized spacial score (nSPS) is 13.1. The summed E-state index contributed by atoms with van der Waals surface area (Å²) in [5, 5.41) is 31.6. The van der Waals surface area contributed by atoms with Crippen molar-refractivity contribution >= 4 is 11.9 Å². The van der Waals surface area contributed by atoms with Crippen LogP contribution in [0.5, 0.6) is 5.75 Å². The van der Waals surface area contributed by atoms with E-state index in [0.717, 1.165) is 11.1 Å². The number of phenols is 1. The van der Waals surface area contributed by atoms with Crippen molar-refractivity contribution < 1.29 is 24.9 Å². The number of benzene rings is 2. The molecule has 6 nitrogen and oxygen atoms in total. The summed E-state index contributed by atoms with van der Waals surface area (Å²) >= 11 is 0. The van der Waals surface area contributed by atoms with Crippen molar-refractivity contribution in [3.05, 3.63) is 65.2 Å². The van der Waals surface area contributed by atoms with E-state index < -0.39 is 23.9 Å². The molecule has 0 aliphatic carbocycles. The van der Waals surface area contributed by atoms with Crippen LogP contribution in [0.1, 0.15) is 41.5 Å². The molecule has 0 saturated heterocycles. The molecule has 0 radical (unpaired) electrons. The van der Waals surface area contributed by atoms with E-state index in [0.29, 0.717) is 19.4 Å². The maximum absolute atomic E-state index is 11.6. The first-order chi connectivity index (χ1) is 12.4. The number of hydrogen-bond acceptors (Lipinski definition) is 4. The Morgan fingerprint density at radius 3 is 2.15 bits per heavy atom. The predicted molar refractivity (Wildman–Crippen MR) is 97.3 cm³/mol. The van der Waals surface area contributed by atoms with E-state index in [-0.39, 0.29) is 11.3 Å². The highest BCUT2D eigenvalue weighted by Gasteiger charge is 2.23. The van der Waals surface area contributed by atoms with Crippen molar-refractivity contribution in [1.29, 1.82) is 0 Å². The standard InChI is InChI=1S/C20H23NO5/c1-13-7-2-3-8-14(13)15(19(23)24)10-6-12-21-18(20(25)26)16-9-4-5-11-17(16)22/h2-5,7-9,11,15,18,21-22H,6,10,12H2,1H3,(H,23,24)(H,25,26). The van der Waals surface area contributed by atoms with E-state index in [1.165, 1.54) is 6.07 Å². The third kappa shape index (κ3) is 4.83. The highest BCUT2D eigenvalue weighted by molar-refractivity contribution is 5.77. The molecule has 2 rings (SSSR count). The molecule has 6 heteroatoms. The molecule has 0 spiro atoms. The Bertz CT molecular complexity index is 709. The van der Waals surface area contributed by atoms with E-state index in [1.807, 2.05) is 31.2 Å². The highest BCUT2D eigenvalue weighted by Crippen LogP contribution is 2.26. The molecule has 138 valence electrons. The Kier molecular flexibility index (Phi) is 6.74. The molecular weight excluding hydrogens is 334 g/mol. The number of carboxylic acids is 2. The second-order valence-corrected chi connectivity index (χ2v) is 6.17. The maximum atomic E-state index is 11.6. The van der Waals surface area contributed by atoms with Crippen LogP contribution in [0.3, 0.4) is 0 Å². The van der Waals surface area contributed by atoms with E-state index in [2.05, 4.69) is 5.32 Å². The molecule has 2 aromatic rings. The lowest BCUT2D eigenvalue weighted by Gasteiger charge is -2.18. The lowest BCUT2D eigenvalue weighted by Crippen LogP contribution is -2.29. The molecule has 2 unspecified atom stereocenters. The first-order valence-corrected chi connectivity index (χ1v) is 8.44. The van der Waals surface area contributed by atoms with Crippen LogP contribution in [-0.2, 0) is 9.59 Å². The van der Waals surface area contributed by atoms with Gasteiger partial charge in [0.15, 0.2) is 0 Å². The van der Waals surface area contributed by atoms with Gasteiger partial charge in [-0.05, 0) is 43.5 Å². The summed E-state index contributed by atoms with van der Waals surface area (Å²) in [5.74, 6) is -2.71. The number of carboxylic acid groups (broad SMARTS) is 2. The third-order valence-corrected chi connectivity index (χ3v) is 4.37. The van der Waals surface area contributed by atoms with Gasteiger partial charge in [0.1, 0.15) is 11.8 Å². The Balaban J connectivity index is 1.99. The van der Waals surface area contributed by atoms with Crippen molar-refractivity contribution in [2.75, 3.05) is 6.54 Å². The molecule has 0 aliphatic rings. The predicted octanol–water partition coefficient (Wildman–Crippen LogP) is 3.06. The van der Waals surface area contributed by atoms with Crippen LogP contribution >= 0.6 is 0 Å². The van der Waals surface area contributed by atoms with Gasteiger partial charge in [-0.3, -0.25) is 9.59 Å². The van der Waals surface area contributed by atoms with Gasteiger partial charge in [0.05, 0.1) is 5.92 Å². The number of carbonyl (C=O) groups is 2. The van der Waals surface area contributed by atoms with E-state index in [4.69, 9.17) is 0 Å². The first-order valence-electron chi connectivity index (χ1n) is 8.44. The number of phenolic OH excluding ortho intramolecular Hbond substituents is 1. The molecular formula is C20H23NO5. The van der Waals surface area contributed by atoms with Crippen molar-refractivity contribution in [2.45, 2.75) is 31.7 Å². The van der Waals surface area contributed by atoms with E-state index in [9.17, 15) is 24.9 Å². The zero-order valence-corrected chi connectivity index (χ0v) is 14.6. The topological polar surface area (TPSA) is 107 Å². The number of aryl methyl sites for hydroxylation is 1. The van der Waals surface area contributed by atoms with Gasteiger partial charge < -0.3 is 20.6 Å². The summed E-state index contributed by atoms with van der Waals surface area (Å²) < 4.78 is 0. The average molecular weight is 357 g/mol. The summed E-state index contributed by atoms with van der Waals surface area (Å²) in [6, 6.07) is 12.6. The number of hydrogen-bond donors (Lipinski definition) is 4. The van der Waals surface area contributed by atoms with Gasteiger partial charge in [-0.15, -0.1) is 0 Å². The molecule has 0 saturated carbocycles. The van der Waals surface area contributed by atoms with Gasteiger partial charge in [-0.2, -0.15) is 0 Å². The summed E-state index contributed by atoms with van der Waals surface area (Å²) in [6.07, 6.45) is 0.878. The number of aliphatic carboxylic acids is 2. The van der Waals surface area contributed by atoms with E-state index in [1.54, 1.807) is 18.2 Å². The second-order valence-electron chi connectivity index (χ2n) is 6.17. The lowest BCUT2D eigenvalue weighted by molar-refractivity contribution is -0.140. The molecule has 0 aliphatic heterocycles. The van der Waals surface area contributed by atoms with Gasteiger partial charge in [0, 0.05) is 5.56 Å². The summed E-state index contributed by atoms with van der Waals surface area (Å²) in [6.45, 7) is 2.20. The SMILES string of the molecule is Cc1ccccc1C(CCCNC(C(=O)O)c1ccccc1O)C(=O)O. The first kappa shape index (κ1) is 19.5. The Morgan fingerprint density at radius 1 is 0.962 bits per heavy atom. The zero-order chi connectivity index (χ0) is 19.1. The van der Waals surface area contributed by atoms with Gasteiger partial charge >= 0.3 is 11.9 Å². The van der Waals surface area contributed by atoms with Crippen molar-refractivity contribution in [3.63, 3.8) is 0 Å². The Labute approximate surface area is 152 Å². The summed E-state index contributed by atoms with van der Waals surface area (Å²) in [5.41, 5.74) is 1.98. The third-order valence-electron chi connectivity index (χ3n) is 4.37. The van der Waals surface area contributed by atoms with E-state index >= 15 is 0 Å². The molecule has 2 atom stereocenters. The molecule has 0 amide bonds. The molecule has 4 N–H and O–H groups in total. The minimum absolute atomic E-state index is 0.0873. The Hall–Kier alpha value is -2.86. The van der Waals surface area contributed by atoms with Crippen LogP contribution < -0.4 is 5.32 Å². The minimum atomic E-state index is -1.10. The largest absolute Gasteiger partial charge is 0.508 e. The molecule has 0 bridgehead atoms. The van der Waals surface area contributed by atoms with Crippen molar-refractivity contribution in [2.24, 2.45) is 0 Å². The highest BCUT2D eigenvalue weighted by atomic mass is 16.4. The lowest BCUT2D eigenvalue weighted by atomic mass is 9.91. The minimum Gasteiger partial charge on any atom is -0.508 e. The van der Waals surface area contributed by atoms with Crippen LogP contribution in [0, 0.1) is 6.92 Å². The van der Waals surface area contributed by atoms with Crippen LogP contribution in [0.25, 0.3) is 0 Å². The van der Waals surface area contributed by atoms with Gasteiger partial charge in [0.25, 0.3) is 0 Å². The molecule has 2 aromatic carbocycles. The summed E-state index contributed by atoms with van der Waals surface area (Å²) in [4.78, 5) is 23.1. The van der Waals surface area contributed by atoms with Crippen LogP contribution in [0.15, 0.2) is 48.5 Å². The number of nitrogens with one attached hydrogen (secondary N) is 1. The second kappa shape index (κ2) is 9.01. The number of aromatic hydroxyl groups is 1. The van der Waals surface area contributed by atoms with Crippen molar-refractivity contribution in [3.8, 4) is 5.75 Å². The number of para-hydroxylation sites is 1. The number of rotatable bonds is 9. The fourth-order valence-corrected chi connectivity index (χ4v) is 3.00. The molecule has 0 fully saturated rings. The summed E-state index contributed by atoms with van der Waals surface area (Å²) in [7, 11) is 0. The fourth-order valence-electron chi connectivity index (χ4n) is 3.00. The van der Waals surface area contributed by atoms with Gasteiger partial charge in [0.2, 0.25) is 0 Å². The smallest absolute Gasteiger partial charge is 0.325 e. The zero-order valence-electron chi connectivity index (χ0n) is 14.6. The van der Waals surface area contributed by atoms with Crippen LogP contribution in [-0.4, -0.2) is 33.8 Å². The average Bonchev–Trinajstić information content (AvgIpc) is 2.59. The van der Waals surface area contributed by atoms with Crippen molar-refractivity contribution in [1.82, 2.24) is 5.32 Å². The van der Waals surface area contributed by atoms with Gasteiger partial charge in [-0.25, -0.2) is 0 Å². The Morgan fingerprint density at radius 2 is 1.58 bits per heavy atom. The monoisotopic (exact) mass is 357 g/mol. The molecule has 26 heavy (non-hydrogen) atoms. The quantitative estimate of drug-likeness (QED) is 0.514. The van der Waals surface area contributed by atoms with Gasteiger partial charge in [-0.1, -0.05) is 42.5 Å². The maximum Gasteiger partial charge on any atom is 0.325 e. The van der Waals surface area contributed by atoms with Crippen LogP contribution in [0.2, 0.25) is 0 Å².